The Balaban J connectivity index is 1.08. The molecule has 2 saturated heterocycles. The lowest BCUT2D eigenvalue weighted by molar-refractivity contribution is -0.285. The minimum absolute atomic E-state index is 0.0282. The molecule has 1 amide bonds. The zero-order valence-corrected chi connectivity index (χ0v) is 27.6. The van der Waals surface area contributed by atoms with Crippen molar-refractivity contribution < 1.29 is 44.7 Å². The van der Waals surface area contributed by atoms with Crippen molar-refractivity contribution in [1.82, 2.24) is 10.4 Å². The van der Waals surface area contributed by atoms with Crippen LogP contribution < -0.4 is 5.48 Å². The minimum atomic E-state index is -5.55. The summed E-state index contributed by atoms with van der Waals surface area (Å²) in [5.74, 6) is -5.26. The van der Waals surface area contributed by atoms with E-state index >= 15 is 0 Å². The van der Waals surface area contributed by atoms with Crippen molar-refractivity contribution in [2.75, 3.05) is 19.7 Å². The van der Waals surface area contributed by atoms with Crippen molar-refractivity contribution in [1.29, 1.82) is 0 Å². The van der Waals surface area contributed by atoms with Crippen molar-refractivity contribution in [3.05, 3.63) is 47.6 Å². The van der Waals surface area contributed by atoms with E-state index in [1.807, 2.05) is 6.08 Å². The molecule has 1 N–H and O–H groups in total. The minimum Gasteiger partial charge on any atom is -0.350 e. The van der Waals surface area contributed by atoms with E-state index in [0.29, 0.717) is 45.0 Å². The predicted octanol–water partition coefficient (Wildman–Crippen LogP) is 7.00. The quantitative estimate of drug-likeness (QED) is 0.161. The van der Waals surface area contributed by atoms with Crippen LogP contribution in [0.5, 0.6) is 0 Å². The molecule has 2 heterocycles. The van der Waals surface area contributed by atoms with E-state index in [9.17, 15) is 35.2 Å². The summed E-state index contributed by atoms with van der Waals surface area (Å²) in [5, 5.41) is 0. The molecule has 1 aromatic rings. The van der Waals surface area contributed by atoms with Crippen LogP contribution in [0.15, 0.2) is 46.9 Å². The molecule has 0 bridgehead atoms. The highest BCUT2D eigenvalue weighted by Crippen LogP contribution is 2.56. The number of hydroxylamine groups is 1. The number of piperidine rings is 1. The van der Waals surface area contributed by atoms with E-state index in [1.165, 1.54) is 0 Å². The number of nitrogens with one attached hydrogen (secondary N) is 1. The number of hydrogen-bond donors (Lipinski definition) is 1. The van der Waals surface area contributed by atoms with Gasteiger partial charge in [0.05, 0.1) is 4.90 Å². The Kier molecular flexibility index (Phi) is 9.07. The number of hydrogen-bond acceptors (Lipinski definition) is 6. The number of sulfone groups is 1. The maximum atomic E-state index is 14.4. The van der Waals surface area contributed by atoms with Crippen molar-refractivity contribution in [3.63, 3.8) is 0 Å². The number of alkyl halides is 5. The van der Waals surface area contributed by atoms with Crippen LogP contribution in [-0.2, 0) is 24.2 Å². The number of carbonyl (C=O) groups excluding carboxylic acids is 1. The van der Waals surface area contributed by atoms with Gasteiger partial charge >= 0.3 is 12.1 Å². The molecule has 0 radical (unpaired) electrons. The molecule has 5 fully saturated rings. The third kappa shape index (κ3) is 6.85. The van der Waals surface area contributed by atoms with Gasteiger partial charge in [0.25, 0.3) is 5.91 Å². The highest BCUT2D eigenvalue weighted by molar-refractivity contribution is 7.93. The number of fused-ring (bicyclic) bond motifs is 2. The van der Waals surface area contributed by atoms with Gasteiger partial charge in [-0.1, -0.05) is 29.9 Å². The number of amides is 1. The van der Waals surface area contributed by atoms with E-state index in [4.69, 9.17) is 9.57 Å². The van der Waals surface area contributed by atoms with Gasteiger partial charge in [-0.15, -0.1) is 0 Å². The normalized spacial score (nSPS) is 33.0. The van der Waals surface area contributed by atoms with Gasteiger partial charge in [-0.05, 0) is 105 Å². The Morgan fingerprint density at radius 2 is 1.73 bits per heavy atom. The summed E-state index contributed by atoms with van der Waals surface area (Å²) in [7, 11) is -4.14. The third-order valence-corrected chi connectivity index (χ3v) is 13.8. The van der Waals surface area contributed by atoms with Crippen LogP contribution in [0.3, 0.4) is 0 Å². The van der Waals surface area contributed by atoms with Crippen LogP contribution in [0.1, 0.15) is 82.6 Å². The number of allylic oxidation sites excluding steroid dienone is 4. The number of rotatable bonds is 10. The Labute approximate surface area is 278 Å². The van der Waals surface area contributed by atoms with E-state index in [1.54, 1.807) is 24.3 Å². The first-order valence-corrected chi connectivity index (χ1v) is 18.8. The summed E-state index contributed by atoms with van der Waals surface area (Å²) in [4.78, 5) is 21.6. The fourth-order valence-corrected chi connectivity index (χ4v) is 9.86. The molecule has 0 spiro atoms. The lowest BCUT2D eigenvalue weighted by Gasteiger charge is -2.40. The van der Waals surface area contributed by atoms with Crippen molar-refractivity contribution in [3.8, 4) is 0 Å². The first kappa shape index (κ1) is 34.1. The van der Waals surface area contributed by atoms with Crippen LogP contribution in [0, 0.1) is 23.7 Å². The van der Waals surface area contributed by atoms with E-state index in [-0.39, 0.29) is 47.8 Å². The average Bonchev–Trinajstić information content (AvgIpc) is 3.95. The number of likely N-dealkylation sites (tertiary alicyclic amines) is 1. The Hall–Kier alpha value is -2.35. The zero-order chi connectivity index (χ0) is 33.9. The molecule has 4 aliphatic carbocycles. The molecule has 2 aliphatic heterocycles. The van der Waals surface area contributed by atoms with Crippen LogP contribution in [0.2, 0.25) is 0 Å². The van der Waals surface area contributed by atoms with E-state index in [2.05, 4.69) is 16.5 Å². The first-order valence-electron chi connectivity index (χ1n) is 17.3. The predicted molar refractivity (Wildman–Crippen MR) is 167 cm³/mol. The molecule has 5 unspecified atom stereocenters. The summed E-state index contributed by atoms with van der Waals surface area (Å²) in [6.45, 7) is 1.51. The number of carbonyl (C=O) groups is 1. The van der Waals surface area contributed by atoms with Gasteiger partial charge in [-0.25, -0.2) is 18.7 Å². The van der Waals surface area contributed by atoms with E-state index < -0.39 is 45.3 Å². The van der Waals surface area contributed by atoms with Crippen LogP contribution in [0.4, 0.5) is 22.0 Å². The molecule has 1 aromatic carbocycles. The largest absolute Gasteiger partial charge is 0.453 e. The molecule has 6 aliphatic rings. The summed E-state index contributed by atoms with van der Waals surface area (Å²) >= 11 is 0. The lowest BCUT2D eigenvalue weighted by atomic mass is 9.93. The van der Waals surface area contributed by atoms with Gasteiger partial charge < -0.3 is 9.64 Å². The molecule has 7 nitrogen and oxygen atoms in total. The van der Waals surface area contributed by atoms with Crippen molar-refractivity contribution in [2.24, 2.45) is 23.7 Å². The molecule has 264 valence electrons. The summed E-state index contributed by atoms with van der Waals surface area (Å²) in [6.07, 6.45) is 3.47. The van der Waals surface area contributed by atoms with Gasteiger partial charge in [0.1, 0.15) is 0 Å². The van der Waals surface area contributed by atoms with Gasteiger partial charge in [-0.2, -0.15) is 22.0 Å². The molecule has 0 aromatic heterocycles. The second kappa shape index (κ2) is 12.8. The fourth-order valence-electron chi connectivity index (χ4n) is 7.91. The molecule has 3 saturated carbocycles. The van der Waals surface area contributed by atoms with E-state index in [0.717, 1.165) is 48.8 Å². The van der Waals surface area contributed by atoms with Crippen molar-refractivity contribution in [2.45, 2.75) is 111 Å². The molecule has 5 atom stereocenters. The monoisotopic (exact) mass is 698 g/mol. The topological polar surface area (TPSA) is 84.9 Å². The second-order valence-electron chi connectivity index (χ2n) is 14.7. The highest BCUT2D eigenvalue weighted by atomic mass is 32.2. The molecule has 7 rings (SSSR count). The molecular weight excluding hydrogens is 655 g/mol. The standard InChI is InChI=1S/C35H43F5N2O5S/c36-34(37,35(38,39)40)11-10-22-17-24-19-25(24)20-29(30-21-26(30)18-22)23-4-8-28(9-5-23)48(44,45)33(12-14-42(15-13-33)27-6-7-27)32(43)41-47-31-3-1-2-16-46-31/h4-5,8-9,18,20,22,24-25,27,30-31H,1-3,6-7,10-17,19,21H2,(H,41,43)/b26-18-,29-20-. The SMILES string of the molecule is O=C(NOC1CCCCO1)C1(S(=O)(=O)c2ccc(/C3=C/C4CC4CC(CCC(F)(F)C(F)(F)F)/C=C4/CC43)cc2)CCN(C2CC2)CC1. The number of nitrogens with zero attached hydrogens (tertiary/aromatic N) is 1. The van der Waals surface area contributed by atoms with Crippen LogP contribution in [-0.4, -0.2) is 68.1 Å². The first-order chi connectivity index (χ1) is 22.8. The van der Waals surface area contributed by atoms with Gasteiger partial charge in [0, 0.05) is 44.5 Å². The third-order valence-electron chi connectivity index (χ3n) is 11.3. The van der Waals surface area contributed by atoms with Gasteiger partial charge in [0.2, 0.25) is 0 Å². The molecular formula is C35H43F5N2O5S. The summed E-state index contributed by atoms with van der Waals surface area (Å²) in [6, 6.07) is 7.10. The maximum absolute atomic E-state index is 14.4. The Morgan fingerprint density at radius 1 is 1.00 bits per heavy atom. The fraction of sp³-hybridized carbons (Fsp3) is 0.686. The summed E-state index contributed by atoms with van der Waals surface area (Å²) in [5.41, 5.74) is 5.36. The smallest absolute Gasteiger partial charge is 0.350 e. The average molecular weight is 699 g/mol. The number of halogens is 5. The zero-order valence-electron chi connectivity index (χ0n) is 26.8. The van der Waals surface area contributed by atoms with Gasteiger partial charge in [0.15, 0.2) is 20.9 Å². The van der Waals surface area contributed by atoms with Crippen molar-refractivity contribution >= 4 is 21.3 Å². The summed E-state index contributed by atoms with van der Waals surface area (Å²) < 4.78 is 98.3. The van der Waals surface area contributed by atoms with Crippen LogP contribution in [0.25, 0.3) is 5.57 Å². The maximum Gasteiger partial charge on any atom is 0.453 e. The van der Waals surface area contributed by atoms with Gasteiger partial charge in [-0.3, -0.25) is 4.79 Å². The van der Waals surface area contributed by atoms with Crippen LogP contribution >= 0.6 is 0 Å². The second-order valence-corrected chi connectivity index (χ2v) is 16.9. The lowest BCUT2D eigenvalue weighted by Crippen LogP contribution is -2.58. The number of benzene rings is 1. The molecule has 48 heavy (non-hydrogen) atoms. The highest BCUT2D eigenvalue weighted by Gasteiger charge is 2.57. The molecule has 13 heteroatoms. The Morgan fingerprint density at radius 3 is 2.38 bits per heavy atom. The Bertz CT molecular complexity index is 1540. The number of ether oxygens (including phenoxy) is 1.